The van der Waals surface area contributed by atoms with Crippen LogP contribution < -0.4 is 5.32 Å². The fourth-order valence-corrected chi connectivity index (χ4v) is 2.22. The van der Waals surface area contributed by atoms with Crippen molar-refractivity contribution in [1.82, 2.24) is 4.90 Å². The molecule has 0 unspecified atom stereocenters. The van der Waals surface area contributed by atoms with Crippen LogP contribution >= 0.6 is 0 Å². The van der Waals surface area contributed by atoms with Crippen LogP contribution in [0.25, 0.3) is 0 Å². The Morgan fingerprint density at radius 1 is 1.04 bits per heavy atom. The topological polar surface area (TPSA) is 69.6 Å². The predicted octanol–water partition coefficient (Wildman–Crippen LogP) is 1.78. The van der Waals surface area contributed by atoms with E-state index in [-0.39, 0.29) is 24.8 Å². The molecule has 0 aromatic heterocycles. The molecular weight excluding hydrogens is 292 g/mol. The summed E-state index contributed by atoms with van der Waals surface area (Å²) in [6.45, 7) is 0.555. The van der Waals surface area contributed by atoms with Crippen molar-refractivity contribution in [3.63, 3.8) is 0 Å². The molecule has 0 aliphatic heterocycles. The Hall–Kier alpha value is -2.50. The number of aliphatic hydroxyl groups excluding tert-OH is 1. The van der Waals surface area contributed by atoms with Crippen molar-refractivity contribution in [2.24, 2.45) is 0 Å². The number of carbonyl (C=O) groups excluding carboxylic acids is 2. The van der Waals surface area contributed by atoms with E-state index in [9.17, 15) is 9.59 Å². The van der Waals surface area contributed by atoms with Crippen molar-refractivity contribution in [3.05, 3.63) is 65.7 Å². The lowest BCUT2D eigenvalue weighted by molar-refractivity contribution is -0.117. The van der Waals surface area contributed by atoms with Gasteiger partial charge in [0.25, 0.3) is 0 Å². The molecule has 0 saturated heterocycles. The van der Waals surface area contributed by atoms with Gasteiger partial charge >= 0.3 is 0 Å². The van der Waals surface area contributed by atoms with Crippen LogP contribution in [0.2, 0.25) is 0 Å². The second kappa shape index (κ2) is 8.22. The third-order valence-corrected chi connectivity index (χ3v) is 3.38. The van der Waals surface area contributed by atoms with E-state index < -0.39 is 0 Å². The van der Waals surface area contributed by atoms with Crippen LogP contribution in [0.4, 0.5) is 5.69 Å². The Bertz CT molecular complexity index is 671. The van der Waals surface area contributed by atoms with E-state index in [4.69, 9.17) is 5.11 Å². The molecule has 2 rings (SSSR count). The Labute approximate surface area is 135 Å². The second-order valence-electron chi connectivity index (χ2n) is 5.25. The summed E-state index contributed by atoms with van der Waals surface area (Å²) in [5, 5.41) is 11.6. The summed E-state index contributed by atoms with van der Waals surface area (Å²) in [6.07, 6.45) is 0. The number of aliphatic hydroxyl groups is 1. The molecular formula is C18H20N2O3. The van der Waals surface area contributed by atoms with Crippen molar-refractivity contribution >= 4 is 17.4 Å². The predicted molar refractivity (Wildman–Crippen MR) is 89.5 cm³/mol. The summed E-state index contributed by atoms with van der Waals surface area (Å²) >= 11 is 0. The molecule has 0 radical (unpaired) electrons. The molecule has 120 valence electrons. The minimum absolute atomic E-state index is 0.00708. The maximum atomic E-state index is 12.6. The lowest BCUT2D eigenvalue weighted by Gasteiger charge is -2.16. The van der Waals surface area contributed by atoms with Crippen LogP contribution in [-0.2, 0) is 4.79 Å². The average Bonchev–Trinajstić information content (AvgIpc) is 2.55. The molecule has 0 spiro atoms. The van der Waals surface area contributed by atoms with Crippen molar-refractivity contribution in [3.8, 4) is 0 Å². The molecule has 0 fully saturated rings. The highest BCUT2D eigenvalue weighted by molar-refractivity contribution is 6.13. The quantitative estimate of drug-likeness (QED) is 0.765. The molecule has 0 atom stereocenters. The molecule has 0 heterocycles. The highest BCUT2D eigenvalue weighted by Crippen LogP contribution is 2.19. The lowest BCUT2D eigenvalue weighted by Crippen LogP contribution is -2.32. The Morgan fingerprint density at radius 3 is 2.39 bits per heavy atom. The van der Waals surface area contributed by atoms with Crippen LogP contribution in [-0.4, -0.2) is 48.4 Å². The fourth-order valence-electron chi connectivity index (χ4n) is 2.22. The molecule has 2 aromatic carbocycles. The van der Waals surface area contributed by atoms with E-state index in [1.165, 1.54) is 0 Å². The number of benzene rings is 2. The number of anilines is 1. The number of para-hydroxylation sites is 1. The zero-order valence-corrected chi connectivity index (χ0v) is 13.0. The Balaban J connectivity index is 2.15. The number of likely N-dealkylation sites (N-methyl/N-ethyl adjacent to an activating group) is 1. The second-order valence-corrected chi connectivity index (χ2v) is 5.25. The molecule has 2 aromatic rings. The van der Waals surface area contributed by atoms with Gasteiger partial charge in [0.2, 0.25) is 5.91 Å². The van der Waals surface area contributed by atoms with Crippen LogP contribution in [0, 0.1) is 0 Å². The van der Waals surface area contributed by atoms with Gasteiger partial charge in [-0.2, -0.15) is 0 Å². The number of hydrogen-bond acceptors (Lipinski definition) is 4. The van der Waals surface area contributed by atoms with Crippen molar-refractivity contribution in [2.75, 3.05) is 32.1 Å². The Kier molecular flexibility index (Phi) is 6.02. The largest absolute Gasteiger partial charge is 0.395 e. The van der Waals surface area contributed by atoms with Gasteiger partial charge in [-0.25, -0.2) is 0 Å². The third kappa shape index (κ3) is 4.74. The van der Waals surface area contributed by atoms with E-state index in [2.05, 4.69) is 5.32 Å². The number of nitrogens with one attached hydrogen (secondary N) is 1. The Morgan fingerprint density at radius 2 is 1.70 bits per heavy atom. The number of hydrogen-bond donors (Lipinski definition) is 2. The summed E-state index contributed by atoms with van der Waals surface area (Å²) in [6, 6.07) is 15.9. The highest BCUT2D eigenvalue weighted by Gasteiger charge is 2.15. The van der Waals surface area contributed by atoms with E-state index in [1.807, 2.05) is 6.07 Å². The first-order chi connectivity index (χ1) is 11.1. The SMILES string of the molecule is CN(CCO)CC(=O)Nc1ccccc1C(=O)c1ccccc1. The minimum atomic E-state index is -0.228. The number of amides is 1. The van der Waals surface area contributed by atoms with Gasteiger partial charge < -0.3 is 10.4 Å². The van der Waals surface area contributed by atoms with Crippen LogP contribution in [0.15, 0.2) is 54.6 Å². The van der Waals surface area contributed by atoms with Gasteiger partial charge in [-0.05, 0) is 19.2 Å². The molecule has 2 N–H and O–H groups in total. The number of nitrogens with zero attached hydrogens (tertiary/aromatic N) is 1. The zero-order chi connectivity index (χ0) is 16.7. The average molecular weight is 312 g/mol. The molecule has 23 heavy (non-hydrogen) atoms. The van der Waals surface area contributed by atoms with Crippen LogP contribution in [0.3, 0.4) is 0 Å². The van der Waals surface area contributed by atoms with Gasteiger partial charge in [-0.1, -0.05) is 42.5 Å². The normalized spacial score (nSPS) is 10.6. The van der Waals surface area contributed by atoms with E-state index in [0.29, 0.717) is 23.4 Å². The maximum Gasteiger partial charge on any atom is 0.238 e. The van der Waals surface area contributed by atoms with E-state index >= 15 is 0 Å². The van der Waals surface area contributed by atoms with Crippen LogP contribution in [0.5, 0.6) is 0 Å². The monoisotopic (exact) mass is 312 g/mol. The summed E-state index contributed by atoms with van der Waals surface area (Å²) in [7, 11) is 1.75. The van der Waals surface area contributed by atoms with Crippen molar-refractivity contribution in [1.29, 1.82) is 0 Å². The number of carbonyl (C=O) groups is 2. The summed E-state index contributed by atoms with van der Waals surface area (Å²) in [4.78, 5) is 26.3. The molecule has 0 saturated carbocycles. The molecule has 0 bridgehead atoms. The number of rotatable bonds is 7. The summed E-state index contributed by atoms with van der Waals surface area (Å²) in [5.74, 6) is -0.362. The van der Waals surface area contributed by atoms with Gasteiger partial charge in [0, 0.05) is 17.7 Å². The third-order valence-electron chi connectivity index (χ3n) is 3.38. The summed E-state index contributed by atoms with van der Waals surface area (Å²) in [5.41, 5.74) is 1.52. The van der Waals surface area contributed by atoms with E-state index in [0.717, 1.165) is 0 Å². The van der Waals surface area contributed by atoms with Crippen LogP contribution in [0.1, 0.15) is 15.9 Å². The maximum absolute atomic E-state index is 12.6. The van der Waals surface area contributed by atoms with E-state index in [1.54, 1.807) is 60.5 Å². The molecule has 5 heteroatoms. The van der Waals surface area contributed by atoms with Crippen molar-refractivity contribution < 1.29 is 14.7 Å². The lowest BCUT2D eigenvalue weighted by atomic mass is 10.0. The smallest absolute Gasteiger partial charge is 0.238 e. The summed E-state index contributed by atoms with van der Waals surface area (Å²) < 4.78 is 0. The standard InChI is InChI=1S/C18H20N2O3/c1-20(11-12-21)13-17(22)19-16-10-6-5-9-15(16)18(23)14-7-3-2-4-8-14/h2-10,21H,11-13H2,1H3,(H,19,22). The molecule has 0 aliphatic carbocycles. The first-order valence-electron chi connectivity index (χ1n) is 7.40. The highest BCUT2D eigenvalue weighted by atomic mass is 16.3. The number of ketones is 1. The first-order valence-corrected chi connectivity index (χ1v) is 7.40. The minimum Gasteiger partial charge on any atom is -0.395 e. The fraction of sp³-hybridized carbons (Fsp3) is 0.222. The molecule has 0 aliphatic rings. The molecule has 5 nitrogen and oxygen atoms in total. The zero-order valence-electron chi connectivity index (χ0n) is 13.0. The van der Waals surface area contributed by atoms with Gasteiger partial charge in [0.15, 0.2) is 5.78 Å². The van der Waals surface area contributed by atoms with Crippen molar-refractivity contribution in [2.45, 2.75) is 0 Å². The van der Waals surface area contributed by atoms with Gasteiger partial charge in [0.1, 0.15) is 0 Å². The van der Waals surface area contributed by atoms with Gasteiger partial charge in [-0.15, -0.1) is 0 Å². The molecule has 1 amide bonds. The van der Waals surface area contributed by atoms with Gasteiger partial charge in [0.05, 0.1) is 18.8 Å². The first kappa shape index (κ1) is 16.9. The van der Waals surface area contributed by atoms with Gasteiger partial charge in [-0.3, -0.25) is 14.5 Å².